The average molecular weight is 371 g/mol. The van der Waals surface area contributed by atoms with Gasteiger partial charge >= 0.3 is 6.09 Å². The number of aromatic nitrogens is 2. The first-order valence-corrected chi connectivity index (χ1v) is 12.0. The lowest BCUT2D eigenvalue weighted by atomic mass is 10.1. The molecule has 0 radical (unpaired) electrons. The number of hydrogen-bond donors (Lipinski definition) is 2. The molecule has 0 aliphatic rings. The predicted octanol–water partition coefficient (Wildman–Crippen LogP) is 4.25. The van der Waals surface area contributed by atoms with Gasteiger partial charge in [-0.25, -0.2) is 14.8 Å². The summed E-state index contributed by atoms with van der Waals surface area (Å²) in [4.78, 5) is 20.7. The molecule has 7 heteroatoms. The molecule has 0 bridgehead atoms. The Morgan fingerprint density at radius 1 is 1.15 bits per heavy atom. The van der Waals surface area contributed by atoms with Gasteiger partial charge in [-0.05, 0) is 26.8 Å². The van der Waals surface area contributed by atoms with Crippen LogP contribution >= 0.6 is 0 Å². The number of fused-ring (bicyclic) bond motifs is 1. The van der Waals surface area contributed by atoms with E-state index < -0.39 is 19.8 Å². The summed E-state index contributed by atoms with van der Waals surface area (Å²) in [6, 6.07) is 1.80. The summed E-state index contributed by atoms with van der Waals surface area (Å²) in [5.41, 5.74) is 3.60. The number of carbonyl (C=O) groups excluding carboxylic acids is 1. The standard InChI is InChI=1S/C19H26N4O2Si/c1-19(2,3)25-18(24)23-16-10-14-13(8-9-26(5,6)7)11-22-17(20-4)15(14)12-21-16/h10-12H,1-7H3,(H,20,22)(H,21,23,24). The van der Waals surface area contributed by atoms with Gasteiger partial charge in [-0.3, -0.25) is 5.32 Å². The zero-order chi connectivity index (χ0) is 19.5. The van der Waals surface area contributed by atoms with Crippen molar-refractivity contribution >= 4 is 36.6 Å². The molecule has 2 rings (SSSR count). The Balaban J connectivity index is 2.47. The number of amides is 1. The summed E-state index contributed by atoms with van der Waals surface area (Å²) < 4.78 is 5.28. The number of nitrogens with one attached hydrogen (secondary N) is 2. The van der Waals surface area contributed by atoms with Crippen LogP contribution < -0.4 is 10.6 Å². The van der Waals surface area contributed by atoms with Crippen molar-refractivity contribution in [3.63, 3.8) is 0 Å². The Hall–Kier alpha value is -2.59. The van der Waals surface area contributed by atoms with Crippen LogP contribution in [0.1, 0.15) is 26.3 Å². The highest BCUT2D eigenvalue weighted by Gasteiger charge is 2.17. The van der Waals surface area contributed by atoms with Gasteiger partial charge < -0.3 is 10.1 Å². The third-order valence-electron chi connectivity index (χ3n) is 3.21. The number of anilines is 2. The lowest BCUT2D eigenvalue weighted by molar-refractivity contribution is 0.0635. The molecular weight excluding hydrogens is 344 g/mol. The Kier molecular flexibility index (Phi) is 5.57. The molecule has 0 saturated heterocycles. The summed E-state index contributed by atoms with van der Waals surface area (Å²) in [5.74, 6) is 4.38. The Labute approximate surface area is 155 Å². The second-order valence-electron chi connectivity index (χ2n) is 8.01. The van der Waals surface area contributed by atoms with E-state index in [4.69, 9.17) is 4.74 Å². The molecule has 0 aliphatic heterocycles. The molecule has 138 valence electrons. The van der Waals surface area contributed by atoms with Crippen molar-refractivity contribution in [3.8, 4) is 11.5 Å². The molecule has 2 N–H and O–H groups in total. The summed E-state index contributed by atoms with van der Waals surface area (Å²) in [6.45, 7) is 12.0. The van der Waals surface area contributed by atoms with Gasteiger partial charge in [0.2, 0.25) is 0 Å². The van der Waals surface area contributed by atoms with Crippen molar-refractivity contribution in [2.45, 2.75) is 46.0 Å². The van der Waals surface area contributed by atoms with Crippen molar-refractivity contribution in [1.29, 1.82) is 0 Å². The second-order valence-corrected chi connectivity index (χ2v) is 12.8. The highest BCUT2D eigenvalue weighted by atomic mass is 28.3. The minimum atomic E-state index is -1.53. The molecule has 0 saturated carbocycles. The van der Waals surface area contributed by atoms with E-state index in [-0.39, 0.29) is 0 Å². The van der Waals surface area contributed by atoms with Crippen LogP contribution in [0.3, 0.4) is 0 Å². The van der Waals surface area contributed by atoms with Crippen molar-refractivity contribution < 1.29 is 9.53 Å². The molecule has 2 aromatic heterocycles. The van der Waals surface area contributed by atoms with Gasteiger partial charge in [0.15, 0.2) is 0 Å². The average Bonchev–Trinajstić information content (AvgIpc) is 2.49. The highest BCUT2D eigenvalue weighted by Crippen LogP contribution is 2.25. The normalized spacial score (nSPS) is 11.5. The van der Waals surface area contributed by atoms with Crippen LogP contribution in [0, 0.1) is 11.5 Å². The Morgan fingerprint density at radius 2 is 1.85 bits per heavy atom. The quantitative estimate of drug-likeness (QED) is 0.610. The summed E-state index contributed by atoms with van der Waals surface area (Å²) in [6.07, 6.45) is 2.89. The molecule has 0 unspecified atom stereocenters. The molecule has 0 spiro atoms. The molecular formula is C19H26N4O2Si. The summed E-state index contributed by atoms with van der Waals surface area (Å²) in [7, 11) is 0.282. The minimum Gasteiger partial charge on any atom is -0.444 e. The van der Waals surface area contributed by atoms with Gasteiger partial charge in [-0.1, -0.05) is 25.6 Å². The van der Waals surface area contributed by atoms with E-state index in [0.29, 0.717) is 5.82 Å². The third kappa shape index (κ3) is 5.46. The highest BCUT2D eigenvalue weighted by molar-refractivity contribution is 6.83. The fraction of sp³-hybridized carbons (Fsp3) is 0.421. The molecule has 0 aliphatic carbocycles. The van der Waals surface area contributed by atoms with Crippen LogP contribution in [0.2, 0.25) is 19.6 Å². The van der Waals surface area contributed by atoms with E-state index in [1.807, 2.05) is 27.8 Å². The van der Waals surface area contributed by atoms with Crippen LogP contribution in [0.5, 0.6) is 0 Å². The van der Waals surface area contributed by atoms with Crippen LogP contribution in [-0.2, 0) is 4.74 Å². The Morgan fingerprint density at radius 3 is 2.42 bits per heavy atom. The van der Waals surface area contributed by atoms with E-state index >= 15 is 0 Å². The zero-order valence-electron chi connectivity index (χ0n) is 16.4. The maximum absolute atomic E-state index is 12.0. The second kappa shape index (κ2) is 7.34. The molecule has 0 atom stereocenters. The van der Waals surface area contributed by atoms with Gasteiger partial charge in [0.05, 0.1) is 5.56 Å². The van der Waals surface area contributed by atoms with Gasteiger partial charge in [-0.2, -0.15) is 0 Å². The number of pyridine rings is 2. The van der Waals surface area contributed by atoms with Gasteiger partial charge in [0.25, 0.3) is 0 Å². The minimum absolute atomic E-state index is 0.413. The SMILES string of the molecule is CNc1ncc(C#C[Si](C)(C)C)c2cc(NC(=O)OC(C)(C)C)ncc12. The largest absolute Gasteiger partial charge is 0.444 e. The predicted molar refractivity (Wildman–Crippen MR) is 109 cm³/mol. The number of rotatable bonds is 2. The van der Waals surface area contributed by atoms with E-state index in [1.54, 1.807) is 18.5 Å². The van der Waals surface area contributed by atoms with Crippen molar-refractivity contribution in [2.24, 2.45) is 0 Å². The van der Waals surface area contributed by atoms with Crippen LogP contribution in [0.15, 0.2) is 18.5 Å². The molecule has 6 nitrogen and oxygen atoms in total. The maximum atomic E-state index is 12.0. The van der Waals surface area contributed by atoms with Gasteiger partial charge in [-0.15, -0.1) is 5.54 Å². The van der Waals surface area contributed by atoms with Gasteiger partial charge in [0, 0.05) is 30.2 Å². The molecule has 2 heterocycles. The lowest BCUT2D eigenvalue weighted by Crippen LogP contribution is -2.27. The zero-order valence-corrected chi connectivity index (χ0v) is 17.4. The molecule has 0 fully saturated rings. The number of carbonyl (C=O) groups is 1. The summed E-state index contributed by atoms with van der Waals surface area (Å²) in [5, 5.41) is 7.47. The summed E-state index contributed by atoms with van der Waals surface area (Å²) >= 11 is 0. The lowest BCUT2D eigenvalue weighted by Gasteiger charge is -2.19. The monoisotopic (exact) mass is 370 g/mol. The molecule has 0 aromatic carbocycles. The topological polar surface area (TPSA) is 76.1 Å². The van der Waals surface area contributed by atoms with E-state index in [1.165, 1.54) is 0 Å². The Bertz CT molecular complexity index is 887. The first-order valence-electron chi connectivity index (χ1n) is 8.48. The maximum Gasteiger partial charge on any atom is 0.413 e. The smallest absolute Gasteiger partial charge is 0.413 e. The fourth-order valence-corrected chi connectivity index (χ4v) is 2.67. The number of hydrogen-bond acceptors (Lipinski definition) is 5. The first kappa shape index (κ1) is 19.7. The van der Waals surface area contributed by atoms with E-state index in [2.05, 4.69) is 51.7 Å². The van der Waals surface area contributed by atoms with Crippen LogP contribution in [0.25, 0.3) is 10.8 Å². The van der Waals surface area contributed by atoms with Crippen LogP contribution in [-0.4, -0.2) is 36.8 Å². The van der Waals surface area contributed by atoms with Crippen LogP contribution in [0.4, 0.5) is 16.4 Å². The molecule has 26 heavy (non-hydrogen) atoms. The van der Waals surface area contributed by atoms with Crippen molar-refractivity contribution in [1.82, 2.24) is 9.97 Å². The van der Waals surface area contributed by atoms with Crippen molar-refractivity contribution in [2.75, 3.05) is 17.7 Å². The molecule has 2 aromatic rings. The van der Waals surface area contributed by atoms with Crippen molar-refractivity contribution in [3.05, 3.63) is 24.0 Å². The number of nitrogens with zero attached hydrogens (tertiary/aromatic N) is 2. The first-order chi connectivity index (χ1) is 12.0. The molecule has 1 amide bonds. The van der Waals surface area contributed by atoms with E-state index in [0.717, 1.165) is 22.2 Å². The van der Waals surface area contributed by atoms with E-state index in [9.17, 15) is 4.79 Å². The van der Waals surface area contributed by atoms with Gasteiger partial charge in [0.1, 0.15) is 25.3 Å². The number of ether oxygens (including phenoxy) is 1. The fourth-order valence-electron chi connectivity index (χ4n) is 2.17. The third-order valence-corrected chi connectivity index (χ3v) is 4.08.